The Morgan fingerprint density at radius 3 is 2.30 bits per heavy atom. The lowest BCUT2D eigenvalue weighted by Gasteiger charge is -2.36. The van der Waals surface area contributed by atoms with E-state index in [1.165, 1.54) is 19.2 Å². The van der Waals surface area contributed by atoms with E-state index in [9.17, 15) is 18.0 Å². The zero-order valence-electron chi connectivity index (χ0n) is 19.2. The molecule has 0 aliphatic heterocycles. The van der Waals surface area contributed by atoms with Crippen molar-refractivity contribution in [1.82, 2.24) is 10.6 Å². The lowest BCUT2D eigenvalue weighted by Crippen LogP contribution is -2.59. The van der Waals surface area contributed by atoms with E-state index in [-0.39, 0.29) is 16.4 Å². The molecular weight excluding hydrogens is 442 g/mol. The van der Waals surface area contributed by atoms with Crippen molar-refractivity contribution in [2.24, 2.45) is 0 Å². The number of sulfonamides is 1. The lowest BCUT2D eigenvalue weighted by atomic mass is 9.80. The first kappa shape index (κ1) is 24.6. The molecule has 0 atom stereocenters. The van der Waals surface area contributed by atoms with Gasteiger partial charge in [0.25, 0.3) is 15.9 Å². The van der Waals surface area contributed by atoms with E-state index in [0.29, 0.717) is 36.4 Å². The summed E-state index contributed by atoms with van der Waals surface area (Å²) in [7, 11) is -2.40. The predicted octanol–water partition coefficient (Wildman–Crippen LogP) is 3.37. The van der Waals surface area contributed by atoms with E-state index in [4.69, 9.17) is 4.74 Å². The van der Waals surface area contributed by atoms with E-state index in [1.807, 2.05) is 6.92 Å². The molecule has 3 N–H and O–H groups in total. The number of nitrogens with one attached hydrogen (secondary N) is 3. The summed E-state index contributed by atoms with van der Waals surface area (Å²) in [4.78, 5) is 26.0. The molecule has 1 saturated carbocycles. The van der Waals surface area contributed by atoms with E-state index >= 15 is 0 Å². The maximum absolute atomic E-state index is 13.2. The van der Waals surface area contributed by atoms with Crippen LogP contribution in [-0.4, -0.2) is 39.4 Å². The second-order valence-corrected chi connectivity index (χ2v) is 9.95. The van der Waals surface area contributed by atoms with E-state index in [0.717, 1.165) is 19.3 Å². The lowest BCUT2D eigenvalue weighted by molar-refractivity contribution is -0.128. The monoisotopic (exact) mass is 473 g/mol. The van der Waals surface area contributed by atoms with Crippen molar-refractivity contribution in [1.29, 1.82) is 0 Å². The molecule has 9 heteroatoms. The van der Waals surface area contributed by atoms with Crippen LogP contribution in [0.3, 0.4) is 0 Å². The summed E-state index contributed by atoms with van der Waals surface area (Å²) in [6.45, 7) is 4.05. The molecule has 0 heterocycles. The molecule has 0 bridgehead atoms. The second-order valence-electron chi connectivity index (χ2n) is 8.27. The minimum atomic E-state index is -3.93. The van der Waals surface area contributed by atoms with Crippen LogP contribution in [0.2, 0.25) is 0 Å². The van der Waals surface area contributed by atoms with Gasteiger partial charge in [-0.3, -0.25) is 14.3 Å². The van der Waals surface area contributed by atoms with Gasteiger partial charge in [-0.15, -0.1) is 0 Å². The zero-order valence-corrected chi connectivity index (χ0v) is 20.1. The predicted molar refractivity (Wildman–Crippen MR) is 127 cm³/mol. The molecule has 3 rings (SSSR count). The van der Waals surface area contributed by atoms with Crippen LogP contribution in [0.15, 0.2) is 47.4 Å². The molecule has 33 heavy (non-hydrogen) atoms. The Morgan fingerprint density at radius 2 is 1.70 bits per heavy atom. The molecule has 178 valence electrons. The van der Waals surface area contributed by atoms with Crippen LogP contribution in [0, 0.1) is 6.92 Å². The van der Waals surface area contributed by atoms with Gasteiger partial charge >= 0.3 is 0 Å². The van der Waals surface area contributed by atoms with Gasteiger partial charge in [0, 0.05) is 17.8 Å². The van der Waals surface area contributed by atoms with Gasteiger partial charge in [-0.1, -0.05) is 25.3 Å². The third kappa shape index (κ3) is 5.65. The van der Waals surface area contributed by atoms with Crippen molar-refractivity contribution < 1.29 is 22.7 Å². The number of benzene rings is 2. The van der Waals surface area contributed by atoms with Gasteiger partial charge < -0.3 is 15.4 Å². The van der Waals surface area contributed by atoms with E-state index in [1.54, 1.807) is 37.3 Å². The van der Waals surface area contributed by atoms with Gasteiger partial charge in [-0.2, -0.15) is 0 Å². The molecule has 1 aliphatic rings. The van der Waals surface area contributed by atoms with Gasteiger partial charge in [0.05, 0.1) is 12.0 Å². The number of rotatable bonds is 8. The number of ether oxygens (including phenoxy) is 1. The number of carbonyl (C=O) groups excluding carboxylic acids is 2. The van der Waals surface area contributed by atoms with Crippen molar-refractivity contribution in [3.63, 3.8) is 0 Å². The van der Waals surface area contributed by atoms with Gasteiger partial charge in [-0.25, -0.2) is 8.42 Å². The highest BCUT2D eigenvalue weighted by Gasteiger charge is 2.41. The SMILES string of the molecule is CCNC(=O)C1(NC(=O)c2cc(S(=O)(=O)Nc3ccc(OC)cc3)ccc2C)CCCCC1. The highest BCUT2D eigenvalue weighted by atomic mass is 32.2. The van der Waals surface area contributed by atoms with Crippen molar-refractivity contribution in [2.45, 2.75) is 56.4 Å². The largest absolute Gasteiger partial charge is 0.497 e. The Kier molecular flexibility index (Phi) is 7.63. The van der Waals surface area contributed by atoms with Crippen LogP contribution < -0.4 is 20.1 Å². The summed E-state index contributed by atoms with van der Waals surface area (Å²) in [6.07, 6.45) is 3.81. The van der Waals surface area contributed by atoms with Gasteiger partial charge in [0.15, 0.2) is 0 Å². The number of carbonyl (C=O) groups is 2. The second kappa shape index (κ2) is 10.2. The number of likely N-dealkylation sites (N-methyl/N-ethyl adjacent to an activating group) is 1. The summed E-state index contributed by atoms with van der Waals surface area (Å²) >= 11 is 0. The zero-order chi connectivity index (χ0) is 24.1. The maximum Gasteiger partial charge on any atom is 0.261 e. The average Bonchev–Trinajstić information content (AvgIpc) is 2.80. The number of hydrogen-bond acceptors (Lipinski definition) is 5. The standard InChI is InChI=1S/C24H31N3O5S/c1-4-25-23(29)24(14-6-5-7-15-24)26-22(28)21-16-20(13-8-17(21)2)33(30,31)27-18-9-11-19(32-3)12-10-18/h8-13,16,27H,4-7,14-15H2,1-3H3,(H,25,29)(H,26,28). The molecule has 0 unspecified atom stereocenters. The van der Waals surface area contributed by atoms with Gasteiger partial charge in [-0.05, 0) is 68.7 Å². The van der Waals surface area contributed by atoms with Crippen LogP contribution in [0.1, 0.15) is 54.9 Å². The summed E-state index contributed by atoms with van der Waals surface area (Å²) in [5.41, 5.74) is 0.243. The van der Waals surface area contributed by atoms with Crippen LogP contribution in [0.25, 0.3) is 0 Å². The number of aryl methyl sites for hydroxylation is 1. The Bertz CT molecular complexity index is 1110. The first-order chi connectivity index (χ1) is 15.7. The van der Waals surface area contributed by atoms with Crippen molar-refractivity contribution in [2.75, 3.05) is 18.4 Å². The third-order valence-electron chi connectivity index (χ3n) is 5.94. The van der Waals surface area contributed by atoms with E-state index < -0.39 is 21.5 Å². The Hall–Kier alpha value is -3.07. The Labute approximate surface area is 195 Å². The Balaban J connectivity index is 1.86. The van der Waals surface area contributed by atoms with Crippen LogP contribution >= 0.6 is 0 Å². The van der Waals surface area contributed by atoms with Crippen molar-refractivity contribution >= 4 is 27.5 Å². The molecule has 0 radical (unpaired) electrons. The summed E-state index contributed by atoms with van der Waals surface area (Å²) < 4.78 is 33.5. The third-order valence-corrected chi connectivity index (χ3v) is 7.32. The fraction of sp³-hybridized carbons (Fsp3) is 0.417. The fourth-order valence-electron chi connectivity index (χ4n) is 4.06. The van der Waals surface area contributed by atoms with Crippen LogP contribution in [0.5, 0.6) is 5.75 Å². The van der Waals surface area contributed by atoms with Crippen molar-refractivity contribution in [3.05, 3.63) is 53.6 Å². The molecule has 0 aromatic heterocycles. The van der Waals surface area contributed by atoms with Gasteiger partial charge in [0.2, 0.25) is 5.91 Å². The highest BCUT2D eigenvalue weighted by molar-refractivity contribution is 7.92. The van der Waals surface area contributed by atoms with Crippen molar-refractivity contribution in [3.8, 4) is 5.75 Å². The molecule has 0 saturated heterocycles. The molecule has 2 amide bonds. The molecular formula is C24H31N3O5S. The van der Waals surface area contributed by atoms with Crippen LogP contribution in [-0.2, 0) is 14.8 Å². The summed E-state index contributed by atoms with van der Waals surface area (Å²) in [6, 6.07) is 10.9. The minimum Gasteiger partial charge on any atom is -0.497 e. The number of hydrogen-bond donors (Lipinski definition) is 3. The topological polar surface area (TPSA) is 114 Å². The molecule has 1 aliphatic carbocycles. The van der Waals surface area contributed by atoms with Crippen LogP contribution in [0.4, 0.5) is 5.69 Å². The Morgan fingerprint density at radius 1 is 1.03 bits per heavy atom. The molecule has 2 aromatic rings. The van der Waals surface area contributed by atoms with Gasteiger partial charge in [0.1, 0.15) is 11.3 Å². The smallest absolute Gasteiger partial charge is 0.261 e. The quantitative estimate of drug-likeness (QED) is 0.544. The number of amides is 2. The first-order valence-corrected chi connectivity index (χ1v) is 12.6. The maximum atomic E-state index is 13.2. The van der Waals surface area contributed by atoms with E-state index in [2.05, 4.69) is 15.4 Å². The first-order valence-electron chi connectivity index (χ1n) is 11.1. The fourth-order valence-corrected chi connectivity index (χ4v) is 5.15. The average molecular weight is 474 g/mol. The molecule has 0 spiro atoms. The molecule has 8 nitrogen and oxygen atoms in total. The minimum absolute atomic E-state index is 0.0372. The number of anilines is 1. The summed E-state index contributed by atoms with van der Waals surface area (Å²) in [5.74, 6) is -0.0428. The number of methoxy groups -OCH3 is 1. The molecule has 1 fully saturated rings. The normalized spacial score (nSPS) is 15.4. The molecule has 2 aromatic carbocycles. The highest BCUT2D eigenvalue weighted by Crippen LogP contribution is 2.29. The summed E-state index contributed by atoms with van der Waals surface area (Å²) in [5, 5.41) is 5.77.